The molecule has 2 heteroatoms. The van der Waals surface area contributed by atoms with Gasteiger partial charge in [-0.25, -0.2) is 4.39 Å². The largest absolute Gasteiger partial charge is 0.256 e. The summed E-state index contributed by atoms with van der Waals surface area (Å²) in [7, 11) is 0. The number of unbranched alkanes of at least 4 members (excludes halogenated alkanes) is 1. The van der Waals surface area contributed by atoms with Crippen LogP contribution in [0.2, 0.25) is 0 Å². The Kier molecular flexibility index (Phi) is 4.08. The van der Waals surface area contributed by atoms with Crippen molar-refractivity contribution in [2.45, 2.75) is 33.1 Å². The van der Waals surface area contributed by atoms with Crippen LogP contribution in [0.25, 0.3) is 11.3 Å². The Morgan fingerprint density at radius 3 is 2.61 bits per heavy atom. The average Bonchev–Trinajstić information content (AvgIpc) is 2.37. The van der Waals surface area contributed by atoms with E-state index < -0.39 is 0 Å². The minimum atomic E-state index is -0.205. The lowest BCUT2D eigenvalue weighted by atomic mass is 10.1. The van der Waals surface area contributed by atoms with E-state index in [2.05, 4.69) is 11.9 Å². The highest BCUT2D eigenvalue weighted by Crippen LogP contribution is 2.22. The molecule has 0 bridgehead atoms. The predicted molar refractivity (Wildman–Crippen MR) is 73.0 cm³/mol. The zero-order chi connectivity index (χ0) is 13.0. The number of benzene rings is 1. The first-order valence-corrected chi connectivity index (χ1v) is 6.42. The van der Waals surface area contributed by atoms with Crippen LogP contribution in [0.5, 0.6) is 0 Å². The Hall–Kier alpha value is -1.70. The summed E-state index contributed by atoms with van der Waals surface area (Å²) >= 11 is 0. The van der Waals surface area contributed by atoms with Crippen molar-refractivity contribution in [2.24, 2.45) is 0 Å². The quantitative estimate of drug-likeness (QED) is 0.768. The molecule has 2 aromatic rings. The van der Waals surface area contributed by atoms with E-state index in [1.54, 1.807) is 12.1 Å². The monoisotopic (exact) mass is 243 g/mol. The Morgan fingerprint density at radius 2 is 2.00 bits per heavy atom. The molecule has 2 rings (SSSR count). The van der Waals surface area contributed by atoms with Gasteiger partial charge < -0.3 is 0 Å². The van der Waals surface area contributed by atoms with Crippen LogP contribution >= 0.6 is 0 Å². The first kappa shape index (κ1) is 12.7. The van der Waals surface area contributed by atoms with E-state index in [0.717, 1.165) is 12.0 Å². The van der Waals surface area contributed by atoms with Crippen molar-refractivity contribution >= 4 is 0 Å². The van der Waals surface area contributed by atoms with Crippen molar-refractivity contribution in [3.63, 3.8) is 0 Å². The molecule has 0 aliphatic heterocycles. The van der Waals surface area contributed by atoms with E-state index in [0.29, 0.717) is 11.3 Å². The van der Waals surface area contributed by atoms with Gasteiger partial charge >= 0.3 is 0 Å². The van der Waals surface area contributed by atoms with Crippen LogP contribution in [0, 0.1) is 12.7 Å². The molecule has 0 saturated carbocycles. The Bertz CT molecular complexity index is 517. The fraction of sp³-hybridized carbons (Fsp3) is 0.312. The summed E-state index contributed by atoms with van der Waals surface area (Å²) < 4.78 is 13.8. The standard InChI is InChI=1S/C16H18FN/c1-3-4-5-13-7-9-16(18-11-13)14-8-6-12(2)10-15(14)17/h6-11H,3-5H2,1-2H3. The van der Waals surface area contributed by atoms with Gasteiger partial charge in [-0.2, -0.15) is 0 Å². The fourth-order valence-corrected chi connectivity index (χ4v) is 1.94. The zero-order valence-corrected chi connectivity index (χ0v) is 10.9. The van der Waals surface area contributed by atoms with E-state index in [9.17, 15) is 4.39 Å². The maximum atomic E-state index is 13.8. The molecule has 0 unspecified atom stereocenters. The number of nitrogens with zero attached hydrogens (tertiary/aromatic N) is 1. The summed E-state index contributed by atoms with van der Waals surface area (Å²) in [5.74, 6) is -0.205. The van der Waals surface area contributed by atoms with Crippen molar-refractivity contribution in [3.8, 4) is 11.3 Å². The molecule has 1 heterocycles. The van der Waals surface area contributed by atoms with Crippen molar-refractivity contribution in [3.05, 3.63) is 53.5 Å². The molecule has 1 aromatic heterocycles. The van der Waals surface area contributed by atoms with Crippen molar-refractivity contribution in [1.29, 1.82) is 0 Å². The van der Waals surface area contributed by atoms with Gasteiger partial charge in [0.25, 0.3) is 0 Å². The number of rotatable bonds is 4. The Labute approximate surface area is 108 Å². The van der Waals surface area contributed by atoms with Crippen LogP contribution < -0.4 is 0 Å². The molecule has 0 aliphatic carbocycles. The number of halogens is 1. The van der Waals surface area contributed by atoms with E-state index in [1.807, 2.05) is 31.3 Å². The fourth-order valence-electron chi connectivity index (χ4n) is 1.94. The first-order valence-electron chi connectivity index (χ1n) is 6.42. The smallest absolute Gasteiger partial charge is 0.132 e. The highest BCUT2D eigenvalue weighted by molar-refractivity contribution is 5.60. The van der Waals surface area contributed by atoms with Gasteiger partial charge in [0, 0.05) is 11.8 Å². The second-order valence-corrected chi connectivity index (χ2v) is 4.64. The third-order valence-corrected chi connectivity index (χ3v) is 3.04. The van der Waals surface area contributed by atoms with Crippen LogP contribution in [0.4, 0.5) is 4.39 Å². The summed E-state index contributed by atoms with van der Waals surface area (Å²) in [6.07, 6.45) is 5.23. The molecule has 0 fully saturated rings. The van der Waals surface area contributed by atoms with E-state index in [4.69, 9.17) is 0 Å². The molecule has 0 spiro atoms. The van der Waals surface area contributed by atoms with Gasteiger partial charge in [0.1, 0.15) is 5.82 Å². The molecule has 1 nitrogen and oxygen atoms in total. The minimum absolute atomic E-state index is 0.205. The Morgan fingerprint density at radius 1 is 1.17 bits per heavy atom. The lowest BCUT2D eigenvalue weighted by Gasteiger charge is -2.05. The normalized spacial score (nSPS) is 10.6. The van der Waals surface area contributed by atoms with Gasteiger partial charge in [-0.15, -0.1) is 0 Å². The van der Waals surface area contributed by atoms with Gasteiger partial charge in [0.15, 0.2) is 0 Å². The summed E-state index contributed by atoms with van der Waals surface area (Å²) in [5.41, 5.74) is 3.42. The molecule has 1 aromatic carbocycles. The number of hydrogen-bond acceptors (Lipinski definition) is 1. The van der Waals surface area contributed by atoms with Crippen molar-refractivity contribution in [1.82, 2.24) is 4.98 Å². The number of aryl methyl sites for hydroxylation is 2. The van der Waals surface area contributed by atoms with Gasteiger partial charge in [0.05, 0.1) is 5.69 Å². The average molecular weight is 243 g/mol. The second-order valence-electron chi connectivity index (χ2n) is 4.64. The van der Waals surface area contributed by atoms with Gasteiger partial charge in [-0.1, -0.05) is 25.5 Å². The van der Waals surface area contributed by atoms with Crippen molar-refractivity contribution in [2.75, 3.05) is 0 Å². The predicted octanol–water partition coefficient (Wildman–Crippen LogP) is 4.54. The van der Waals surface area contributed by atoms with Crippen molar-refractivity contribution < 1.29 is 4.39 Å². The van der Waals surface area contributed by atoms with E-state index in [1.165, 1.54) is 18.4 Å². The molecule has 0 saturated heterocycles. The summed E-state index contributed by atoms with van der Waals surface area (Å²) in [5, 5.41) is 0. The molecule has 0 radical (unpaired) electrons. The SMILES string of the molecule is CCCCc1ccc(-c2ccc(C)cc2F)nc1. The minimum Gasteiger partial charge on any atom is -0.256 e. The van der Waals surface area contributed by atoms with E-state index >= 15 is 0 Å². The maximum absolute atomic E-state index is 13.8. The molecule has 0 N–H and O–H groups in total. The van der Waals surface area contributed by atoms with Gasteiger partial charge in [-0.05, 0) is 49.1 Å². The summed E-state index contributed by atoms with van der Waals surface area (Å²) in [6.45, 7) is 4.05. The topological polar surface area (TPSA) is 12.9 Å². The molecular weight excluding hydrogens is 225 g/mol. The first-order chi connectivity index (χ1) is 8.70. The lowest BCUT2D eigenvalue weighted by molar-refractivity contribution is 0.629. The Balaban J connectivity index is 2.23. The van der Waals surface area contributed by atoms with Crippen LogP contribution in [-0.2, 0) is 6.42 Å². The second kappa shape index (κ2) is 5.76. The van der Waals surface area contributed by atoms with Crippen LogP contribution in [0.3, 0.4) is 0 Å². The molecule has 18 heavy (non-hydrogen) atoms. The van der Waals surface area contributed by atoms with Gasteiger partial charge in [-0.3, -0.25) is 4.98 Å². The highest BCUT2D eigenvalue weighted by atomic mass is 19.1. The van der Waals surface area contributed by atoms with E-state index in [-0.39, 0.29) is 5.82 Å². The molecule has 0 atom stereocenters. The maximum Gasteiger partial charge on any atom is 0.132 e. The third kappa shape index (κ3) is 2.95. The molecule has 0 aliphatic rings. The van der Waals surface area contributed by atoms with Crippen LogP contribution in [0.15, 0.2) is 36.5 Å². The molecular formula is C16H18FN. The lowest BCUT2D eigenvalue weighted by Crippen LogP contribution is -1.91. The number of pyridine rings is 1. The van der Waals surface area contributed by atoms with Crippen LogP contribution in [0.1, 0.15) is 30.9 Å². The summed E-state index contributed by atoms with van der Waals surface area (Å²) in [4.78, 5) is 4.35. The molecule has 0 amide bonds. The zero-order valence-electron chi connectivity index (χ0n) is 10.9. The van der Waals surface area contributed by atoms with Gasteiger partial charge in [0.2, 0.25) is 0 Å². The highest BCUT2D eigenvalue weighted by Gasteiger charge is 2.06. The summed E-state index contributed by atoms with van der Waals surface area (Å²) in [6, 6.07) is 9.18. The van der Waals surface area contributed by atoms with Crippen LogP contribution in [-0.4, -0.2) is 4.98 Å². The third-order valence-electron chi connectivity index (χ3n) is 3.04. The number of hydrogen-bond donors (Lipinski definition) is 0. The number of aromatic nitrogens is 1. The molecule has 94 valence electrons.